The molecule has 140 valence electrons. The highest BCUT2D eigenvalue weighted by molar-refractivity contribution is 6.45. The Hall–Kier alpha value is -2.18. The van der Waals surface area contributed by atoms with Crippen LogP contribution in [0.2, 0.25) is 0 Å². The minimum Gasteiger partial charge on any atom is -0.492 e. The highest BCUT2D eigenvalue weighted by Crippen LogP contribution is 2.51. The van der Waals surface area contributed by atoms with Gasteiger partial charge in [0.15, 0.2) is 5.78 Å². The number of carbonyl (C=O) groups is 1. The molecular formula is C19H18Cl2N4O2. The zero-order valence-electron chi connectivity index (χ0n) is 14.9. The van der Waals surface area contributed by atoms with E-state index in [1.54, 1.807) is 0 Å². The number of hydrogen-bond acceptors (Lipinski definition) is 5. The number of ketones is 1. The molecule has 0 aliphatic heterocycles. The van der Waals surface area contributed by atoms with Gasteiger partial charge < -0.3 is 4.74 Å². The topological polar surface area (TPSA) is 80.8 Å². The maximum Gasteiger partial charge on any atom is 0.204 e. The van der Waals surface area contributed by atoms with Crippen LogP contribution in [-0.2, 0) is 16.1 Å². The van der Waals surface area contributed by atoms with E-state index in [1.165, 1.54) is 0 Å². The van der Waals surface area contributed by atoms with E-state index in [-0.39, 0.29) is 11.7 Å². The van der Waals surface area contributed by atoms with Gasteiger partial charge in [-0.2, -0.15) is 5.21 Å². The van der Waals surface area contributed by atoms with Crippen molar-refractivity contribution in [1.29, 1.82) is 0 Å². The highest BCUT2D eigenvalue weighted by atomic mass is 35.5. The molecule has 1 aromatic heterocycles. The molecule has 0 spiro atoms. The first-order valence-electron chi connectivity index (χ1n) is 8.66. The lowest BCUT2D eigenvalue weighted by atomic mass is 9.89. The van der Waals surface area contributed by atoms with Crippen LogP contribution >= 0.6 is 23.2 Å². The zero-order chi connectivity index (χ0) is 19.2. The summed E-state index contributed by atoms with van der Waals surface area (Å²) in [5, 5.41) is 14.6. The van der Waals surface area contributed by atoms with Crippen LogP contribution in [0.1, 0.15) is 32.3 Å². The van der Waals surface area contributed by atoms with Gasteiger partial charge in [0.1, 0.15) is 12.4 Å². The fourth-order valence-corrected chi connectivity index (χ4v) is 4.27. The summed E-state index contributed by atoms with van der Waals surface area (Å²) >= 11 is 12.8. The molecule has 0 radical (unpaired) electrons. The summed E-state index contributed by atoms with van der Waals surface area (Å²) in [7, 11) is 0. The molecule has 8 heteroatoms. The molecule has 0 saturated heterocycles. The molecule has 1 atom stereocenters. The molecule has 6 nitrogen and oxygen atoms in total. The summed E-state index contributed by atoms with van der Waals surface area (Å²) in [6, 6.07) is 7.69. The van der Waals surface area contributed by atoms with Gasteiger partial charge in [-0.25, -0.2) is 0 Å². The summed E-state index contributed by atoms with van der Waals surface area (Å²) in [5.41, 5.74) is 2.10. The van der Waals surface area contributed by atoms with Gasteiger partial charge in [-0.1, -0.05) is 61.3 Å². The molecule has 0 amide bonds. The maximum atomic E-state index is 12.6. The average Bonchev–Trinajstić information content (AvgIpc) is 3.25. The van der Waals surface area contributed by atoms with Gasteiger partial charge in [0, 0.05) is 23.0 Å². The van der Waals surface area contributed by atoms with Crippen molar-refractivity contribution in [2.24, 2.45) is 11.3 Å². The summed E-state index contributed by atoms with van der Waals surface area (Å²) < 4.78 is 5.96. The van der Waals surface area contributed by atoms with Crippen molar-refractivity contribution in [2.75, 3.05) is 0 Å². The Morgan fingerprint density at radius 3 is 2.63 bits per heavy atom. The van der Waals surface area contributed by atoms with Crippen molar-refractivity contribution >= 4 is 29.0 Å². The van der Waals surface area contributed by atoms with E-state index in [2.05, 4.69) is 20.6 Å². The minimum atomic E-state index is -0.405. The number of ether oxygens (including phenoxy) is 1. The lowest BCUT2D eigenvalue weighted by Gasteiger charge is -2.23. The molecule has 1 heterocycles. The normalized spacial score (nSPS) is 21.6. The van der Waals surface area contributed by atoms with E-state index in [4.69, 9.17) is 27.9 Å². The molecule has 2 aliphatic rings. The van der Waals surface area contributed by atoms with E-state index in [1.807, 2.05) is 38.1 Å². The van der Waals surface area contributed by atoms with Crippen LogP contribution in [0.3, 0.4) is 0 Å². The standard InChI is InChI=1S/C19H18Cl2N4O2/c1-19(2)8-12-7-13(15(20)16(21)14(12)17(19)26)27-9-10-3-5-11(6-4-10)18-22-24-25-23-18/h3-6,12H,7-9H2,1-2H3,(H,22,23,24,25). The summed E-state index contributed by atoms with van der Waals surface area (Å²) in [4.78, 5) is 12.6. The van der Waals surface area contributed by atoms with Gasteiger partial charge in [0.25, 0.3) is 0 Å². The molecule has 4 rings (SSSR count). The molecule has 27 heavy (non-hydrogen) atoms. The van der Waals surface area contributed by atoms with Gasteiger partial charge in [0.05, 0.1) is 10.1 Å². The number of halogens is 2. The van der Waals surface area contributed by atoms with Gasteiger partial charge in [-0.05, 0) is 23.1 Å². The number of carbonyl (C=O) groups excluding carboxylic acids is 1. The number of tetrazole rings is 1. The van der Waals surface area contributed by atoms with Crippen molar-refractivity contribution in [3.8, 4) is 11.4 Å². The fraction of sp³-hybridized carbons (Fsp3) is 0.368. The van der Waals surface area contributed by atoms with Gasteiger partial charge in [-0.3, -0.25) is 4.79 Å². The highest BCUT2D eigenvalue weighted by Gasteiger charge is 2.47. The molecule has 1 N–H and O–H groups in total. The first-order chi connectivity index (χ1) is 12.9. The first kappa shape index (κ1) is 18.2. The number of allylic oxidation sites excluding steroid dienone is 4. The van der Waals surface area contributed by atoms with Crippen molar-refractivity contribution in [1.82, 2.24) is 20.6 Å². The number of Topliss-reactive ketones (excluding diaryl/α,β-unsaturated/α-hetero) is 1. The summed E-state index contributed by atoms with van der Waals surface area (Å²) in [6.07, 6.45) is 1.36. The second-order valence-electron chi connectivity index (χ2n) is 7.50. The Labute approximate surface area is 166 Å². The second kappa shape index (κ2) is 6.77. The van der Waals surface area contributed by atoms with Crippen LogP contribution < -0.4 is 0 Å². The Bertz CT molecular complexity index is 947. The van der Waals surface area contributed by atoms with Crippen LogP contribution in [0.4, 0.5) is 0 Å². The van der Waals surface area contributed by atoms with Crippen LogP contribution in [0.25, 0.3) is 11.4 Å². The lowest BCUT2D eigenvalue weighted by molar-refractivity contribution is -0.121. The number of nitrogens with one attached hydrogen (secondary N) is 1. The number of aromatic nitrogens is 4. The number of fused-ring (bicyclic) bond motifs is 1. The molecular weight excluding hydrogens is 387 g/mol. The molecule has 0 bridgehead atoms. The van der Waals surface area contributed by atoms with Gasteiger partial charge >= 0.3 is 0 Å². The van der Waals surface area contributed by atoms with Gasteiger partial charge in [-0.15, -0.1) is 10.2 Å². The smallest absolute Gasteiger partial charge is 0.204 e. The summed E-state index contributed by atoms with van der Waals surface area (Å²) in [5.74, 6) is 1.34. The number of aromatic amines is 1. The Kier molecular flexibility index (Phi) is 4.56. The van der Waals surface area contributed by atoms with E-state index in [0.717, 1.165) is 17.5 Å². The second-order valence-corrected chi connectivity index (χ2v) is 8.26. The zero-order valence-corrected chi connectivity index (χ0v) is 16.4. The van der Waals surface area contributed by atoms with Crippen LogP contribution in [0.5, 0.6) is 0 Å². The van der Waals surface area contributed by atoms with E-state index in [9.17, 15) is 4.79 Å². The van der Waals surface area contributed by atoms with E-state index >= 15 is 0 Å². The number of hydrogen-bond donors (Lipinski definition) is 1. The molecule has 1 saturated carbocycles. The van der Waals surface area contributed by atoms with Gasteiger partial charge in [0.2, 0.25) is 5.82 Å². The van der Waals surface area contributed by atoms with Crippen molar-refractivity contribution < 1.29 is 9.53 Å². The Morgan fingerprint density at radius 2 is 1.96 bits per heavy atom. The molecule has 1 aromatic carbocycles. The third-order valence-electron chi connectivity index (χ3n) is 5.10. The summed E-state index contributed by atoms with van der Waals surface area (Å²) in [6.45, 7) is 4.26. The van der Waals surface area contributed by atoms with E-state index in [0.29, 0.717) is 40.2 Å². The maximum absolute atomic E-state index is 12.6. The molecule has 2 aliphatic carbocycles. The fourth-order valence-electron chi connectivity index (χ4n) is 3.69. The van der Waals surface area contributed by atoms with Crippen molar-refractivity contribution in [3.05, 3.63) is 51.2 Å². The van der Waals surface area contributed by atoms with Crippen LogP contribution in [-0.4, -0.2) is 26.4 Å². The number of nitrogens with zero attached hydrogens (tertiary/aromatic N) is 3. The number of rotatable bonds is 4. The van der Waals surface area contributed by atoms with Crippen LogP contribution in [0.15, 0.2) is 45.7 Å². The predicted molar refractivity (Wildman–Crippen MR) is 102 cm³/mol. The van der Waals surface area contributed by atoms with Crippen molar-refractivity contribution in [3.63, 3.8) is 0 Å². The van der Waals surface area contributed by atoms with Crippen molar-refractivity contribution in [2.45, 2.75) is 33.3 Å². The molecule has 2 aromatic rings. The Balaban J connectivity index is 1.48. The Morgan fingerprint density at radius 1 is 1.22 bits per heavy atom. The SMILES string of the molecule is CC1(C)CC2CC(OCc3ccc(-c4nn[nH]n4)cc3)=C(Cl)C(Cl)=C2C1=O. The predicted octanol–water partition coefficient (Wildman–Crippen LogP) is 4.35. The minimum absolute atomic E-state index is 0.0677. The largest absolute Gasteiger partial charge is 0.492 e. The average molecular weight is 405 g/mol. The third kappa shape index (κ3) is 3.28. The first-order valence-corrected chi connectivity index (χ1v) is 9.41. The quantitative estimate of drug-likeness (QED) is 0.818. The van der Waals surface area contributed by atoms with Crippen LogP contribution in [0, 0.1) is 11.3 Å². The molecule has 1 fully saturated rings. The third-order valence-corrected chi connectivity index (χ3v) is 5.99. The monoisotopic (exact) mass is 404 g/mol. The lowest BCUT2D eigenvalue weighted by Crippen LogP contribution is -2.18. The number of H-pyrrole nitrogens is 1. The molecule has 1 unspecified atom stereocenters. The number of benzene rings is 1. The van der Waals surface area contributed by atoms with E-state index < -0.39 is 5.41 Å².